The Morgan fingerprint density at radius 2 is 1.33 bits per heavy atom. The number of hydrogen-bond acceptors (Lipinski definition) is 0. The van der Waals surface area contributed by atoms with E-state index in [1.165, 1.54) is 11.1 Å². The van der Waals surface area contributed by atoms with Crippen molar-refractivity contribution in [3.8, 4) is 0 Å². The predicted octanol–water partition coefficient (Wildman–Crippen LogP) is 5.09. The number of fused-ring (bicyclic) bond motifs is 1. The number of hydrogen-bond donors (Lipinski definition) is 0. The predicted molar refractivity (Wildman–Crippen MR) is 79.3 cm³/mol. The van der Waals surface area contributed by atoms with Crippen LogP contribution in [-0.2, 0) is 12.8 Å². The Balaban J connectivity index is 2.38. The van der Waals surface area contributed by atoms with Crippen molar-refractivity contribution < 1.29 is 0 Å². The molecule has 0 fully saturated rings. The third-order valence-electron chi connectivity index (χ3n) is 2.94. The molecule has 1 aromatic rings. The molecule has 2 rings (SSSR count). The summed E-state index contributed by atoms with van der Waals surface area (Å²) >= 11 is 14.4. The van der Waals surface area contributed by atoms with E-state index in [4.69, 9.17) is 0 Å². The minimum absolute atomic E-state index is 0.364. The van der Waals surface area contributed by atoms with Crippen molar-refractivity contribution in [2.45, 2.75) is 12.8 Å². The molecule has 0 aliphatic heterocycles. The van der Waals surface area contributed by atoms with Gasteiger partial charge in [0.15, 0.2) is 0 Å². The Morgan fingerprint density at radius 3 is 1.67 bits per heavy atom. The highest BCUT2D eigenvalue weighted by Crippen LogP contribution is 2.42. The Kier molecular flexibility index (Phi) is 4.02. The molecule has 0 N–H and O–H groups in total. The van der Waals surface area contributed by atoms with Gasteiger partial charge in [0.1, 0.15) is 0 Å². The number of halogens is 4. The smallest absolute Gasteiger partial charge is 0.0320 e. The molecule has 0 radical (unpaired) electrons. The van der Waals surface area contributed by atoms with Gasteiger partial charge in [0.2, 0.25) is 0 Å². The first kappa shape index (κ1) is 12.6. The van der Waals surface area contributed by atoms with Crippen molar-refractivity contribution in [3.05, 3.63) is 32.2 Å². The van der Waals surface area contributed by atoms with Crippen LogP contribution in [-0.4, -0.2) is 10.7 Å². The first-order valence-corrected chi connectivity index (χ1v) is 8.52. The topological polar surface area (TPSA) is 0 Å². The lowest BCUT2D eigenvalue weighted by atomic mass is 9.90. The maximum atomic E-state index is 3.64. The summed E-state index contributed by atoms with van der Waals surface area (Å²) in [4.78, 5) is 0. The number of rotatable bonds is 2. The first-order chi connectivity index (χ1) is 7.10. The molecule has 1 aromatic carbocycles. The van der Waals surface area contributed by atoms with E-state index in [0.29, 0.717) is 5.41 Å². The van der Waals surface area contributed by atoms with Crippen LogP contribution in [0.15, 0.2) is 21.1 Å². The highest BCUT2D eigenvalue weighted by atomic mass is 79.9. The van der Waals surface area contributed by atoms with Crippen molar-refractivity contribution in [1.82, 2.24) is 0 Å². The van der Waals surface area contributed by atoms with Crippen LogP contribution < -0.4 is 0 Å². The van der Waals surface area contributed by atoms with Gasteiger partial charge in [-0.25, -0.2) is 0 Å². The summed E-state index contributed by atoms with van der Waals surface area (Å²) in [6.45, 7) is 0. The third-order valence-corrected chi connectivity index (χ3v) is 7.16. The van der Waals surface area contributed by atoms with E-state index >= 15 is 0 Å². The molecule has 0 nitrogen and oxygen atoms in total. The monoisotopic (exact) mass is 458 g/mol. The van der Waals surface area contributed by atoms with E-state index in [2.05, 4.69) is 75.9 Å². The maximum absolute atomic E-state index is 3.64. The maximum Gasteiger partial charge on any atom is 0.0320 e. The molecule has 82 valence electrons. The second-order valence-electron chi connectivity index (χ2n) is 4.16. The van der Waals surface area contributed by atoms with Crippen molar-refractivity contribution in [1.29, 1.82) is 0 Å². The molecule has 0 unspecified atom stereocenters. The fraction of sp³-hybridized carbons (Fsp3) is 0.455. The molecule has 1 aliphatic rings. The van der Waals surface area contributed by atoms with Crippen molar-refractivity contribution in [2.75, 3.05) is 10.7 Å². The molecule has 0 spiro atoms. The third kappa shape index (κ3) is 2.38. The molecular weight excluding hydrogens is 452 g/mol. The van der Waals surface area contributed by atoms with Crippen molar-refractivity contribution in [2.24, 2.45) is 5.41 Å². The van der Waals surface area contributed by atoms with Crippen LogP contribution in [0.3, 0.4) is 0 Å². The second-order valence-corrected chi connectivity index (χ2v) is 6.99. The molecule has 0 bridgehead atoms. The minimum atomic E-state index is 0.364. The van der Waals surface area contributed by atoms with Crippen LogP contribution in [0.2, 0.25) is 0 Å². The Hall–Kier alpha value is 1.14. The Bertz CT molecular complexity index is 349. The fourth-order valence-electron chi connectivity index (χ4n) is 2.05. The average Bonchev–Trinajstić information content (AvgIpc) is 2.58. The van der Waals surface area contributed by atoms with Crippen LogP contribution in [0.5, 0.6) is 0 Å². The highest BCUT2D eigenvalue weighted by Gasteiger charge is 2.35. The Labute approximate surface area is 124 Å². The zero-order valence-electron chi connectivity index (χ0n) is 7.99. The van der Waals surface area contributed by atoms with E-state index in [1.54, 1.807) is 0 Å². The number of alkyl halides is 2. The molecular formula is C11H10Br4. The van der Waals surface area contributed by atoms with Crippen LogP contribution in [0.1, 0.15) is 11.1 Å². The van der Waals surface area contributed by atoms with E-state index in [-0.39, 0.29) is 0 Å². The zero-order chi connectivity index (χ0) is 11.1. The zero-order valence-corrected chi connectivity index (χ0v) is 14.3. The van der Waals surface area contributed by atoms with Gasteiger partial charge in [-0.05, 0) is 73.4 Å². The van der Waals surface area contributed by atoms with E-state index in [9.17, 15) is 0 Å². The quantitative estimate of drug-likeness (QED) is 0.538. The SMILES string of the molecule is BrCC1(CBr)Cc2cc(Br)c(Br)cc2C1. The lowest BCUT2D eigenvalue weighted by Crippen LogP contribution is -2.24. The minimum Gasteiger partial charge on any atom is -0.0921 e. The van der Waals surface area contributed by atoms with Crippen LogP contribution in [0.4, 0.5) is 0 Å². The lowest BCUT2D eigenvalue weighted by Gasteiger charge is -2.23. The van der Waals surface area contributed by atoms with Gasteiger partial charge in [0.05, 0.1) is 0 Å². The van der Waals surface area contributed by atoms with Crippen LogP contribution >= 0.6 is 63.7 Å². The van der Waals surface area contributed by atoms with Gasteiger partial charge in [-0.3, -0.25) is 0 Å². The molecule has 0 amide bonds. The van der Waals surface area contributed by atoms with Gasteiger partial charge in [0.25, 0.3) is 0 Å². The largest absolute Gasteiger partial charge is 0.0921 e. The molecule has 15 heavy (non-hydrogen) atoms. The van der Waals surface area contributed by atoms with Crippen molar-refractivity contribution >= 4 is 63.7 Å². The fourth-order valence-corrected chi connectivity index (χ4v) is 4.56. The summed E-state index contributed by atoms with van der Waals surface area (Å²) in [5.41, 5.74) is 3.32. The molecule has 1 aliphatic carbocycles. The van der Waals surface area contributed by atoms with Gasteiger partial charge >= 0.3 is 0 Å². The molecule has 0 atom stereocenters. The number of benzene rings is 1. The summed E-state index contributed by atoms with van der Waals surface area (Å²) < 4.78 is 2.31. The van der Waals surface area contributed by atoms with Crippen molar-refractivity contribution in [3.63, 3.8) is 0 Å². The summed E-state index contributed by atoms with van der Waals surface area (Å²) in [7, 11) is 0. The molecule has 0 aromatic heterocycles. The van der Waals surface area contributed by atoms with Gasteiger partial charge in [0, 0.05) is 19.6 Å². The molecule has 4 heteroatoms. The molecule has 0 saturated carbocycles. The summed E-state index contributed by atoms with van der Waals surface area (Å²) in [6.07, 6.45) is 2.31. The van der Waals surface area contributed by atoms with Gasteiger partial charge < -0.3 is 0 Å². The lowest BCUT2D eigenvalue weighted by molar-refractivity contribution is 0.419. The van der Waals surface area contributed by atoms with E-state index in [0.717, 1.165) is 32.4 Å². The summed E-state index contributed by atoms with van der Waals surface area (Å²) in [5.74, 6) is 0. The average molecular weight is 462 g/mol. The van der Waals surface area contributed by atoms with Crippen LogP contribution in [0.25, 0.3) is 0 Å². The highest BCUT2D eigenvalue weighted by molar-refractivity contribution is 9.13. The van der Waals surface area contributed by atoms with E-state index in [1.807, 2.05) is 0 Å². The summed E-state index contributed by atoms with van der Waals surface area (Å²) in [5, 5.41) is 2.10. The van der Waals surface area contributed by atoms with Gasteiger partial charge in [-0.2, -0.15) is 0 Å². The van der Waals surface area contributed by atoms with E-state index < -0.39 is 0 Å². The standard InChI is InChI=1S/C11H10Br4/c12-5-11(6-13)3-7-1-9(14)10(15)2-8(7)4-11/h1-2H,3-6H2. The molecule has 0 heterocycles. The van der Waals surface area contributed by atoms with Gasteiger partial charge in [-0.1, -0.05) is 31.9 Å². The Morgan fingerprint density at radius 1 is 0.933 bits per heavy atom. The first-order valence-electron chi connectivity index (χ1n) is 4.69. The molecule has 0 saturated heterocycles. The van der Waals surface area contributed by atoms with Gasteiger partial charge in [-0.15, -0.1) is 0 Å². The normalized spacial score (nSPS) is 17.9. The summed E-state index contributed by atoms with van der Waals surface area (Å²) in [6, 6.07) is 4.49. The second kappa shape index (κ2) is 4.79. The van der Waals surface area contributed by atoms with Crippen LogP contribution in [0, 0.1) is 5.41 Å².